The number of nitrogens with one attached hydrogen (secondary N) is 3. The lowest BCUT2D eigenvalue weighted by molar-refractivity contribution is -0.140. The van der Waals surface area contributed by atoms with Crippen LogP contribution in [0.4, 0.5) is 5.95 Å². The summed E-state index contributed by atoms with van der Waals surface area (Å²) in [6.45, 7) is 4.60. The molecule has 1 atom stereocenters. The van der Waals surface area contributed by atoms with Crippen LogP contribution in [0.5, 0.6) is 0 Å². The lowest BCUT2D eigenvalue weighted by Gasteiger charge is -2.24. The van der Waals surface area contributed by atoms with Gasteiger partial charge in [-0.25, -0.2) is 9.97 Å². The van der Waals surface area contributed by atoms with E-state index in [0.717, 1.165) is 18.4 Å². The van der Waals surface area contributed by atoms with Crippen LogP contribution in [0, 0.1) is 5.41 Å². The van der Waals surface area contributed by atoms with Gasteiger partial charge in [0.2, 0.25) is 17.8 Å². The van der Waals surface area contributed by atoms with E-state index in [1.807, 2.05) is 30.3 Å². The van der Waals surface area contributed by atoms with Gasteiger partial charge in [0.1, 0.15) is 6.04 Å². The minimum absolute atomic E-state index is 0.0189. The van der Waals surface area contributed by atoms with Crippen LogP contribution in [0.2, 0.25) is 0 Å². The summed E-state index contributed by atoms with van der Waals surface area (Å²) in [6.07, 6.45) is 5.15. The zero-order valence-corrected chi connectivity index (χ0v) is 19.2. The number of unbranched alkanes of at least 4 members (excludes halogenated alkanes) is 1. The molecule has 0 saturated carbocycles. The van der Waals surface area contributed by atoms with Gasteiger partial charge in [-0.2, -0.15) is 0 Å². The molecule has 1 unspecified atom stereocenters. The number of hydrogen-bond acceptors (Lipinski definition) is 6. The monoisotopic (exact) mass is 455 g/mol. The van der Waals surface area contributed by atoms with Crippen molar-refractivity contribution >= 4 is 23.7 Å². The number of amides is 2. The number of nitrogens with zero attached hydrogens (tertiary/aromatic N) is 2. The largest absolute Gasteiger partial charge is 0.481 e. The quantitative estimate of drug-likeness (QED) is 0.321. The standard InChI is InChI=1S/C24H33N5O4/c1-24(2,17-21(31)32)16-20(30)29-19(15-18-9-4-3-5-10-18)22(33)25-11-6-7-12-26-23-27-13-8-14-28-23/h3-5,8-10,13-14,19H,6-7,11-12,15-17H2,1-2H3,(H,25,33)(H,29,30)(H,31,32)(H,26,27,28). The number of aliphatic carboxylic acids is 1. The van der Waals surface area contributed by atoms with Gasteiger partial charge in [0.15, 0.2) is 0 Å². The molecule has 0 radical (unpaired) electrons. The first kappa shape index (κ1) is 25.8. The molecule has 0 fully saturated rings. The Morgan fingerprint density at radius 3 is 2.30 bits per heavy atom. The Bertz CT molecular complexity index is 890. The molecule has 2 aromatic rings. The Morgan fingerprint density at radius 1 is 0.970 bits per heavy atom. The maximum atomic E-state index is 12.8. The number of hydrogen-bond donors (Lipinski definition) is 4. The predicted octanol–water partition coefficient (Wildman–Crippen LogP) is 2.40. The molecule has 9 nitrogen and oxygen atoms in total. The Labute approximate surface area is 194 Å². The molecular weight excluding hydrogens is 422 g/mol. The summed E-state index contributed by atoms with van der Waals surface area (Å²) in [6, 6.07) is 10.5. The highest BCUT2D eigenvalue weighted by Crippen LogP contribution is 2.24. The van der Waals surface area contributed by atoms with E-state index in [1.54, 1.807) is 32.3 Å². The van der Waals surface area contributed by atoms with Crippen molar-refractivity contribution in [3.05, 3.63) is 54.4 Å². The van der Waals surface area contributed by atoms with E-state index in [9.17, 15) is 14.4 Å². The first-order valence-corrected chi connectivity index (χ1v) is 11.1. The number of anilines is 1. The molecule has 2 rings (SSSR count). The minimum atomic E-state index is -0.959. The van der Waals surface area contributed by atoms with E-state index in [0.29, 0.717) is 25.5 Å². The van der Waals surface area contributed by atoms with Gasteiger partial charge in [-0.1, -0.05) is 44.2 Å². The number of carbonyl (C=O) groups excluding carboxylic acids is 2. The number of aromatic nitrogens is 2. The van der Waals surface area contributed by atoms with Gasteiger partial charge >= 0.3 is 5.97 Å². The van der Waals surface area contributed by atoms with Gasteiger partial charge < -0.3 is 21.1 Å². The van der Waals surface area contributed by atoms with E-state index in [2.05, 4.69) is 25.9 Å². The highest BCUT2D eigenvalue weighted by molar-refractivity contribution is 5.88. The lowest BCUT2D eigenvalue weighted by atomic mass is 9.85. The van der Waals surface area contributed by atoms with E-state index < -0.39 is 17.4 Å². The fourth-order valence-corrected chi connectivity index (χ4v) is 3.39. The molecule has 0 spiro atoms. The van der Waals surface area contributed by atoms with Gasteiger partial charge in [-0.3, -0.25) is 14.4 Å². The van der Waals surface area contributed by atoms with Crippen LogP contribution < -0.4 is 16.0 Å². The average Bonchev–Trinajstić information content (AvgIpc) is 2.75. The van der Waals surface area contributed by atoms with Crippen molar-refractivity contribution < 1.29 is 19.5 Å². The maximum absolute atomic E-state index is 12.8. The van der Waals surface area contributed by atoms with Crippen molar-refractivity contribution in [1.82, 2.24) is 20.6 Å². The van der Waals surface area contributed by atoms with Crippen molar-refractivity contribution in [1.29, 1.82) is 0 Å². The van der Waals surface area contributed by atoms with Gasteiger partial charge in [0.25, 0.3) is 0 Å². The van der Waals surface area contributed by atoms with E-state index in [-0.39, 0.29) is 24.7 Å². The minimum Gasteiger partial charge on any atom is -0.481 e. The average molecular weight is 456 g/mol. The van der Waals surface area contributed by atoms with Gasteiger partial charge in [0.05, 0.1) is 6.42 Å². The number of rotatable bonds is 14. The van der Waals surface area contributed by atoms with Crippen LogP contribution in [-0.2, 0) is 20.8 Å². The van der Waals surface area contributed by atoms with Crippen LogP contribution in [-0.4, -0.2) is 52.0 Å². The Morgan fingerprint density at radius 2 is 1.64 bits per heavy atom. The Balaban J connectivity index is 1.85. The summed E-state index contributed by atoms with van der Waals surface area (Å²) in [7, 11) is 0. The van der Waals surface area contributed by atoms with Crippen molar-refractivity contribution in [2.75, 3.05) is 18.4 Å². The van der Waals surface area contributed by atoms with E-state index in [4.69, 9.17) is 5.11 Å². The molecule has 178 valence electrons. The summed E-state index contributed by atoms with van der Waals surface area (Å²) in [5, 5.41) is 17.8. The van der Waals surface area contributed by atoms with Crippen LogP contribution in [0.25, 0.3) is 0 Å². The van der Waals surface area contributed by atoms with Crippen molar-refractivity contribution in [2.24, 2.45) is 5.41 Å². The molecule has 33 heavy (non-hydrogen) atoms. The number of carboxylic acids is 1. The molecule has 0 aliphatic carbocycles. The first-order chi connectivity index (χ1) is 15.7. The lowest BCUT2D eigenvalue weighted by Crippen LogP contribution is -2.49. The fourth-order valence-electron chi connectivity index (χ4n) is 3.39. The zero-order chi connectivity index (χ0) is 24.1. The van der Waals surface area contributed by atoms with E-state index in [1.165, 1.54) is 0 Å². The summed E-state index contributed by atoms with van der Waals surface area (Å²) in [4.78, 5) is 44.6. The number of benzene rings is 1. The zero-order valence-electron chi connectivity index (χ0n) is 19.2. The topological polar surface area (TPSA) is 133 Å². The van der Waals surface area contributed by atoms with Gasteiger partial charge in [-0.05, 0) is 29.9 Å². The predicted molar refractivity (Wildman–Crippen MR) is 125 cm³/mol. The Hall–Kier alpha value is -3.49. The molecule has 0 aliphatic heterocycles. The molecule has 1 heterocycles. The van der Waals surface area contributed by atoms with E-state index >= 15 is 0 Å². The molecule has 0 aliphatic rings. The SMILES string of the molecule is CC(C)(CC(=O)O)CC(=O)NC(Cc1ccccc1)C(=O)NCCCCNc1ncccn1. The Kier molecular flexibility index (Phi) is 10.3. The summed E-state index contributed by atoms with van der Waals surface area (Å²) >= 11 is 0. The van der Waals surface area contributed by atoms with Gasteiger partial charge in [0, 0.05) is 38.3 Å². The summed E-state index contributed by atoms with van der Waals surface area (Å²) in [5.41, 5.74) is 0.217. The van der Waals surface area contributed by atoms with Crippen LogP contribution in [0.15, 0.2) is 48.8 Å². The third kappa shape index (κ3) is 10.6. The highest BCUT2D eigenvalue weighted by Gasteiger charge is 2.28. The molecular formula is C24H33N5O4. The molecule has 1 aromatic carbocycles. The van der Waals surface area contributed by atoms with Crippen LogP contribution in [0.1, 0.15) is 45.1 Å². The summed E-state index contributed by atoms with van der Waals surface area (Å²) in [5.74, 6) is -0.996. The fraction of sp³-hybridized carbons (Fsp3) is 0.458. The maximum Gasteiger partial charge on any atom is 0.303 e. The third-order valence-electron chi connectivity index (χ3n) is 4.95. The second-order valence-electron chi connectivity index (χ2n) is 8.72. The smallest absolute Gasteiger partial charge is 0.303 e. The first-order valence-electron chi connectivity index (χ1n) is 11.1. The summed E-state index contributed by atoms with van der Waals surface area (Å²) < 4.78 is 0. The second-order valence-corrected chi connectivity index (χ2v) is 8.72. The second kappa shape index (κ2) is 13.1. The molecule has 2 amide bonds. The van der Waals surface area contributed by atoms with Crippen molar-refractivity contribution in [2.45, 2.75) is 52.0 Å². The molecule has 4 N–H and O–H groups in total. The van der Waals surface area contributed by atoms with Crippen molar-refractivity contribution in [3.8, 4) is 0 Å². The number of carbonyl (C=O) groups is 3. The van der Waals surface area contributed by atoms with Gasteiger partial charge in [-0.15, -0.1) is 0 Å². The molecule has 9 heteroatoms. The normalized spacial score (nSPS) is 11.9. The third-order valence-corrected chi connectivity index (χ3v) is 4.95. The molecule has 1 aromatic heterocycles. The van der Waals surface area contributed by atoms with Crippen LogP contribution in [0.3, 0.4) is 0 Å². The highest BCUT2D eigenvalue weighted by atomic mass is 16.4. The van der Waals surface area contributed by atoms with Crippen molar-refractivity contribution in [3.63, 3.8) is 0 Å². The molecule has 0 saturated heterocycles. The van der Waals surface area contributed by atoms with Crippen LogP contribution >= 0.6 is 0 Å². The molecule has 0 bridgehead atoms. The number of carboxylic acid groups (broad SMARTS) is 1.